The highest BCUT2D eigenvalue weighted by molar-refractivity contribution is 5.98. The average molecular weight is 258 g/mol. The van der Waals surface area contributed by atoms with Crippen LogP contribution in [0.2, 0.25) is 0 Å². The molecule has 100 valence electrons. The summed E-state index contributed by atoms with van der Waals surface area (Å²) in [4.78, 5) is 12.0. The Morgan fingerprint density at radius 2 is 1.95 bits per heavy atom. The Morgan fingerprint density at radius 3 is 2.63 bits per heavy atom. The molecule has 2 unspecified atom stereocenters. The zero-order valence-corrected chi connectivity index (χ0v) is 10.8. The second-order valence-electron chi connectivity index (χ2n) is 4.68. The molecule has 0 saturated carbocycles. The first kappa shape index (κ1) is 13.5. The van der Waals surface area contributed by atoms with E-state index in [1.807, 2.05) is 36.4 Å². The Bertz CT molecular complexity index is 581. The van der Waals surface area contributed by atoms with Crippen molar-refractivity contribution in [2.45, 2.75) is 19.1 Å². The number of hydrogen-bond acceptors (Lipinski definition) is 3. The summed E-state index contributed by atoms with van der Waals surface area (Å²) in [6.07, 6.45) is -0.642. The van der Waals surface area contributed by atoms with Crippen LogP contribution in [-0.2, 0) is 0 Å². The van der Waals surface area contributed by atoms with Gasteiger partial charge in [-0.15, -0.1) is 0 Å². The molecule has 0 fully saturated rings. The van der Waals surface area contributed by atoms with Gasteiger partial charge in [0.05, 0.1) is 6.10 Å². The molecule has 2 aromatic carbocycles. The van der Waals surface area contributed by atoms with Gasteiger partial charge in [-0.3, -0.25) is 4.79 Å². The van der Waals surface area contributed by atoms with Gasteiger partial charge in [0.25, 0.3) is 5.91 Å². The van der Waals surface area contributed by atoms with E-state index < -0.39 is 12.1 Å². The van der Waals surface area contributed by atoms with Crippen molar-refractivity contribution in [1.29, 1.82) is 0 Å². The highest BCUT2D eigenvalue weighted by atomic mass is 16.3. The quantitative estimate of drug-likeness (QED) is 0.773. The molecule has 0 heterocycles. The van der Waals surface area contributed by atoms with Gasteiger partial charge < -0.3 is 16.2 Å². The lowest BCUT2D eigenvalue weighted by Crippen LogP contribution is -2.43. The number of nitrogens with two attached hydrogens (primary N) is 1. The van der Waals surface area contributed by atoms with Crippen molar-refractivity contribution < 1.29 is 9.90 Å². The molecule has 4 heteroatoms. The molecule has 0 spiro atoms. The zero-order chi connectivity index (χ0) is 13.8. The third kappa shape index (κ3) is 3.30. The normalized spacial score (nSPS) is 14.1. The number of benzene rings is 2. The topological polar surface area (TPSA) is 75.3 Å². The molecule has 0 bridgehead atoms. The summed E-state index contributed by atoms with van der Waals surface area (Å²) >= 11 is 0. The van der Waals surface area contributed by atoms with Crippen LogP contribution in [0.1, 0.15) is 17.3 Å². The molecule has 19 heavy (non-hydrogen) atoms. The summed E-state index contributed by atoms with van der Waals surface area (Å²) in [7, 11) is 0. The van der Waals surface area contributed by atoms with Crippen LogP contribution < -0.4 is 11.1 Å². The van der Waals surface area contributed by atoms with Crippen LogP contribution >= 0.6 is 0 Å². The molecule has 0 saturated heterocycles. The van der Waals surface area contributed by atoms with Gasteiger partial charge in [0.1, 0.15) is 0 Å². The number of nitrogens with one attached hydrogen (secondary N) is 1. The molecular weight excluding hydrogens is 240 g/mol. The fourth-order valence-corrected chi connectivity index (χ4v) is 1.81. The summed E-state index contributed by atoms with van der Waals surface area (Å²) in [6, 6.07) is 13.0. The van der Waals surface area contributed by atoms with Crippen LogP contribution in [0.3, 0.4) is 0 Å². The van der Waals surface area contributed by atoms with Gasteiger partial charge in [-0.2, -0.15) is 0 Å². The zero-order valence-electron chi connectivity index (χ0n) is 10.8. The molecule has 0 aliphatic heterocycles. The minimum atomic E-state index is -0.642. The highest BCUT2D eigenvalue weighted by Crippen LogP contribution is 2.15. The maximum Gasteiger partial charge on any atom is 0.251 e. The maximum atomic E-state index is 12.0. The number of fused-ring (bicyclic) bond motifs is 1. The summed E-state index contributed by atoms with van der Waals surface area (Å²) in [5, 5.41) is 14.1. The summed E-state index contributed by atoms with van der Waals surface area (Å²) < 4.78 is 0. The monoisotopic (exact) mass is 258 g/mol. The lowest BCUT2D eigenvalue weighted by Gasteiger charge is -2.15. The highest BCUT2D eigenvalue weighted by Gasteiger charge is 2.12. The minimum absolute atomic E-state index is 0.179. The third-order valence-electron chi connectivity index (χ3n) is 3.13. The van der Waals surface area contributed by atoms with E-state index in [4.69, 9.17) is 5.73 Å². The predicted octanol–water partition coefficient (Wildman–Crippen LogP) is 1.28. The summed E-state index contributed by atoms with van der Waals surface area (Å²) in [5.74, 6) is -0.179. The van der Waals surface area contributed by atoms with E-state index >= 15 is 0 Å². The van der Waals surface area contributed by atoms with E-state index in [0.717, 1.165) is 10.8 Å². The molecule has 0 aromatic heterocycles. The molecule has 2 rings (SSSR count). The first-order valence-electron chi connectivity index (χ1n) is 6.28. The van der Waals surface area contributed by atoms with Gasteiger partial charge >= 0.3 is 0 Å². The number of amides is 1. The van der Waals surface area contributed by atoms with E-state index in [-0.39, 0.29) is 12.5 Å². The lowest BCUT2D eigenvalue weighted by molar-refractivity contribution is 0.0937. The smallest absolute Gasteiger partial charge is 0.251 e. The van der Waals surface area contributed by atoms with E-state index in [9.17, 15) is 9.90 Å². The average Bonchev–Trinajstić information content (AvgIpc) is 2.43. The number of carbonyl (C=O) groups excluding carboxylic acids is 1. The Hall–Kier alpha value is -1.91. The molecule has 0 aliphatic rings. The molecule has 2 aromatic rings. The van der Waals surface area contributed by atoms with E-state index in [1.165, 1.54) is 0 Å². The van der Waals surface area contributed by atoms with Gasteiger partial charge in [-0.1, -0.05) is 30.3 Å². The predicted molar refractivity (Wildman–Crippen MR) is 75.9 cm³/mol. The van der Waals surface area contributed by atoms with Crippen molar-refractivity contribution in [1.82, 2.24) is 5.32 Å². The van der Waals surface area contributed by atoms with E-state index in [0.29, 0.717) is 5.56 Å². The number of rotatable bonds is 4. The minimum Gasteiger partial charge on any atom is -0.392 e. The molecule has 2 atom stereocenters. The Morgan fingerprint density at radius 1 is 1.26 bits per heavy atom. The fraction of sp³-hybridized carbons (Fsp3) is 0.267. The first-order valence-corrected chi connectivity index (χ1v) is 6.28. The van der Waals surface area contributed by atoms with Crippen LogP contribution in [0.5, 0.6) is 0 Å². The largest absolute Gasteiger partial charge is 0.392 e. The van der Waals surface area contributed by atoms with Crippen LogP contribution in [0.25, 0.3) is 10.8 Å². The lowest BCUT2D eigenvalue weighted by atomic mass is 10.1. The molecule has 0 radical (unpaired) electrons. The fourth-order valence-electron chi connectivity index (χ4n) is 1.81. The van der Waals surface area contributed by atoms with Gasteiger partial charge in [-0.25, -0.2) is 0 Å². The van der Waals surface area contributed by atoms with Gasteiger partial charge in [0, 0.05) is 18.2 Å². The van der Waals surface area contributed by atoms with E-state index in [2.05, 4.69) is 5.32 Å². The first-order chi connectivity index (χ1) is 9.08. The molecule has 4 N–H and O–H groups in total. The maximum absolute atomic E-state index is 12.0. The van der Waals surface area contributed by atoms with Crippen LogP contribution in [0.15, 0.2) is 42.5 Å². The number of aliphatic hydroxyl groups excluding tert-OH is 1. The van der Waals surface area contributed by atoms with Gasteiger partial charge in [0.2, 0.25) is 0 Å². The second kappa shape index (κ2) is 5.82. The van der Waals surface area contributed by atoms with Crippen molar-refractivity contribution in [2.75, 3.05) is 6.54 Å². The van der Waals surface area contributed by atoms with Crippen LogP contribution in [-0.4, -0.2) is 29.7 Å². The third-order valence-corrected chi connectivity index (χ3v) is 3.13. The number of hydrogen-bond donors (Lipinski definition) is 3. The van der Waals surface area contributed by atoms with Crippen molar-refractivity contribution >= 4 is 16.7 Å². The van der Waals surface area contributed by atoms with Crippen molar-refractivity contribution in [3.05, 3.63) is 48.0 Å². The van der Waals surface area contributed by atoms with Gasteiger partial charge in [-0.05, 0) is 29.8 Å². The molecule has 4 nitrogen and oxygen atoms in total. The second-order valence-corrected chi connectivity index (χ2v) is 4.68. The molecular formula is C15H18N2O2. The molecule has 1 amide bonds. The van der Waals surface area contributed by atoms with Crippen molar-refractivity contribution in [3.8, 4) is 0 Å². The Kier molecular flexibility index (Phi) is 4.14. The van der Waals surface area contributed by atoms with Crippen LogP contribution in [0, 0.1) is 0 Å². The standard InChI is InChI=1S/C15H18N2O2/c1-10(18)14(16)9-17-15(19)13-7-6-11-4-2-3-5-12(11)8-13/h2-8,10,14,18H,9,16H2,1H3,(H,17,19). The van der Waals surface area contributed by atoms with Gasteiger partial charge in [0.15, 0.2) is 0 Å². The Balaban J connectivity index is 2.09. The van der Waals surface area contributed by atoms with Crippen molar-refractivity contribution in [3.63, 3.8) is 0 Å². The Labute approximate surface area is 112 Å². The van der Waals surface area contributed by atoms with E-state index in [1.54, 1.807) is 13.0 Å². The summed E-state index contributed by atoms with van der Waals surface area (Å²) in [5.41, 5.74) is 6.26. The van der Waals surface area contributed by atoms with Crippen LogP contribution in [0.4, 0.5) is 0 Å². The van der Waals surface area contributed by atoms with Crippen molar-refractivity contribution in [2.24, 2.45) is 5.73 Å². The SMILES string of the molecule is CC(O)C(N)CNC(=O)c1ccc2ccccc2c1. The number of aliphatic hydroxyl groups is 1. The molecule has 0 aliphatic carbocycles. The summed E-state index contributed by atoms with van der Waals surface area (Å²) in [6.45, 7) is 1.86. The number of carbonyl (C=O) groups is 1.